The van der Waals surface area contributed by atoms with E-state index in [1.165, 1.54) is 23.4 Å². The fourth-order valence-corrected chi connectivity index (χ4v) is 2.87. The van der Waals surface area contributed by atoms with Crippen LogP contribution in [-0.2, 0) is 17.6 Å². The van der Waals surface area contributed by atoms with Crippen LogP contribution in [0.5, 0.6) is 0 Å². The topological polar surface area (TPSA) is 45.8 Å². The first-order valence-electron chi connectivity index (χ1n) is 7.19. The number of aromatic amines is 1. The van der Waals surface area contributed by atoms with Crippen LogP contribution in [0.1, 0.15) is 69.3 Å². The van der Waals surface area contributed by atoms with Gasteiger partial charge in [0.15, 0.2) is 0 Å². The Labute approximate surface area is 109 Å². The quantitative estimate of drug-likeness (QED) is 0.868. The smallest absolute Gasteiger partial charge is 0.132 e. The van der Waals surface area contributed by atoms with Gasteiger partial charge in [0.1, 0.15) is 5.78 Å². The van der Waals surface area contributed by atoms with Crippen molar-refractivity contribution in [1.29, 1.82) is 0 Å². The molecule has 2 rings (SSSR count). The lowest BCUT2D eigenvalue weighted by Crippen LogP contribution is -2.15. The molecule has 1 N–H and O–H groups in total. The van der Waals surface area contributed by atoms with Gasteiger partial charge in [0.05, 0.1) is 5.69 Å². The van der Waals surface area contributed by atoms with Gasteiger partial charge >= 0.3 is 0 Å². The lowest BCUT2D eigenvalue weighted by atomic mass is 9.82. The molecule has 0 aromatic carbocycles. The second kappa shape index (κ2) is 5.68. The van der Waals surface area contributed by atoms with Gasteiger partial charge in [-0.1, -0.05) is 20.8 Å². The summed E-state index contributed by atoms with van der Waals surface area (Å²) in [6, 6.07) is 0. The third kappa shape index (κ3) is 2.82. The molecule has 0 saturated heterocycles. The summed E-state index contributed by atoms with van der Waals surface area (Å²) in [5.74, 6) is 1.56. The van der Waals surface area contributed by atoms with E-state index in [0.717, 1.165) is 25.7 Å². The lowest BCUT2D eigenvalue weighted by molar-refractivity contribution is -0.119. The molecule has 1 aromatic rings. The van der Waals surface area contributed by atoms with Crippen molar-refractivity contribution in [2.24, 2.45) is 5.92 Å². The van der Waals surface area contributed by atoms with Crippen LogP contribution in [0, 0.1) is 5.92 Å². The predicted octanol–water partition coefficient (Wildman–Crippen LogP) is 3.40. The van der Waals surface area contributed by atoms with Crippen molar-refractivity contribution < 1.29 is 4.79 Å². The van der Waals surface area contributed by atoms with Gasteiger partial charge < -0.3 is 0 Å². The van der Waals surface area contributed by atoms with E-state index in [-0.39, 0.29) is 0 Å². The first kappa shape index (κ1) is 13.3. The van der Waals surface area contributed by atoms with Crippen molar-refractivity contribution in [1.82, 2.24) is 10.2 Å². The highest BCUT2D eigenvalue weighted by molar-refractivity contribution is 5.77. The molecule has 0 bridgehead atoms. The molecule has 100 valence electrons. The molecular formula is C15H24N2O. The highest BCUT2D eigenvalue weighted by Crippen LogP contribution is 2.31. The maximum absolute atomic E-state index is 11.4. The van der Waals surface area contributed by atoms with E-state index in [1.807, 2.05) is 6.92 Å². The molecule has 1 aliphatic carbocycles. The molecule has 0 saturated carbocycles. The third-order valence-corrected chi connectivity index (χ3v) is 4.05. The van der Waals surface area contributed by atoms with Crippen LogP contribution in [-0.4, -0.2) is 16.0 Å². The van der Waals surface area contributed by atoms with E-state index in [9.17, 15) is 4.79 Å². The van der Waals surface area contributed by atoms with Crippen molar-refractivity contribution in [3.8, 4) is 0 Å². The summed E-state index contributed by atoms with van der Waals surface area (Å²) in [5, 5.41) is 7.66. The second-order valence-corrected chi connectivity index (χ2v) is 5.76. The third-order valence-electron chi connectivity index (χ3n) is 4.05. The Balaban J connectivity index is 1.96. The van der Waals surface area contributed by atoms with Crippen LogP contribution in [0.4, 0.5) is 0 Å². The average Bonchev–Trinajstić information content (AvgIpc) is 2.78. The number of ketones is 1. The van der Waals surface area contributed by atoms with Crippen molar-refractivity contribution in [2.75, 3.05) is 0 Å². The number of Topliss-reactive ketones (excluding diaryl/α,β-unsaturated/α-hetero) is 1. The molecule has 1 aliphatic rings. The van der Waals surface area contributed by atoms with E-state index in [0.29, 0.717) is 24.0 Å². The molecule has 0 fully saturated rings. The van der Waals surface area contributed by atoms with Crippen molar-refractivity contribution in [3.63, 3.8) is 0 Å². The monoisotopic (exact) mass is 248 g/mol. The fraction of sp³-hybridized carbons (Fsp3) is 0.733. The number of hydrogen-bond donors (Lipinski definition) is 1. The Bertz CT molecular complexity index is 420. The average molecular weight is 248 g/mol. The van der Waals surface area contributed by atoms with Gasteiger partial charge in [-0.15, -0.1) is 0 Å². The van der Waals surface area contributed by atoms with E-state index < -0.39 is 0 Å². The SMILES string of the molecule is CCC(=O)CCC1CCc2c(C(C)C)n[nH]c2C1. The number of H-pyrrole nitrogens is 1. The van der Waals surface area contributed by atoms with Gasteiger partial charge in [0, 0.05) is 18.5 Å². The Hall–Kier alpha value is -1.12. The zero-order valence-electron chi connectivity index (χ0n) is 11.8. The number of hydrogen-bond acceptors (Lipinski definition) is 2. The minimum Gasteiger partial charge on any atom is -0.300 e. The highest BCUT2D eigenvalue weighted by Gasteiger charge is 2.24. The molecule has 0 radical (unpaired) electrons. The summed E-state index contributed by atoms with van der Waals surface area (Å²) in [5.41, 5.74) is 4.01. The molecule has 1 atom stereocenters. The van der Waals surface area contributed by atoms with Crippen LogP contribution in [0.2, 0.25) is 0 Å². The number of carbonyl (C=O) groups is 1. The number of carbonyl (C=O) groups excluding carboxylic acids is 1. The number of rotatable bonds is 5. The minimum absolute atomic E-state index is 0.397. The van der Waals surface area contributed by atoms with Gasteiger partial charge in [0.2, 0.25) is 0 Å². The molecular weight excluding hydrogens is 224 g/mol. The Morgan fingerprint density at radius 3 is 2.94 bits per heavy atom. The first-order chi connectivity index (χ1) is 8.61. The van der Waals surface area contributed by atoms with E-state index >= 15 is 0 Å². The van der Waals surface area contributed by atoms with Gasteiger partial charge in [-0.2, -0.15) is 5.10 Å². The molecule has 1 aromatic heterocycles. The fourth-order valence-electron chi connectivity index (χ4n) is 2.87. The van der Waals surface area contributed by atoms with Gasteiger partial charge in [-0.05, 0) is 43.1 Å². The van der Waals surface area contributed by atoms with E-state index in [2.05, 4.69) is 24.0 Å². The summed E-state index contributed by atoms with van der Waals surface area (Å²) in [6.07, 6.45) is 5.89. The van der Waals surface area contributed by atoms with Gasteiger partial charge in [-0.25, -0.2) is 0 Å². The van der Waals surface area contributed by atoms with Crippen LogP contribution in [0.15, 0.2) is 0 Å². The zero-order valence-corrected chi connectivity index (χ0v) is 11.8. The Kier molecular flexibility index (Phi) is 4.20. The zero-order chi connectivity index (χ0) is 13.1. The summed E-state index contributed by atoms with van der Waals surface area (Å²) in [7, 11) is 0. The number of nitrogens with one attached hydrogen (secondary N) is 1. The van der Waals surface area contributed by atoms with Crippen LogP contribution >= 0.6 is 0 Å². The molecule has 0 spiro atoms. The molecule has 1 unspecified atom stereocenters. The highest BCUT2D eigenvalue weighted by atomic mass is 16.1. The normalized spacial score (nSPS) is 19.0. The largest absolute Gasteiger partial charge is 0.300 e. The summed E-state index contributed by atoms with van der Waals surface area (Å²) >= 11 is 0. The predicted molar refractivity (Wildman–Crippen MR) is 72.7 cm³/mol. The summed E-state index contributed by atoms with van der Waals surface area (Å²) < 4.78 is 0. The van der Waals surface area contributed by atoms with Crippen LogP contribution in [0.25, 0.3) is 0 Å². The number of fused-ring (bicyclic) bond motifs is 1. The molecule has 0 aliphatic heterocycles. The van der Waals surface area contributed by atoms with Gasteiger partial charge in [0.25, 0.3) is 0 Å². The summed E-state index contributed by atoms with van der Waals surface area (Å²) in [6.45, 7) is 6.34. The molecule has 18 heavy (non-hydrogen) atoms. The summed E-state index contributed by atoms with van der Waals surface area (Å²) in [4.78, 5) is 11.4. The number of aromatic nitrogens is 2. The van der Waals surface area contributed by atoms with Crippen molar-refractivity contribution >= 4 is 5.78 Å². The van der Waals surface area contributed by atoms with Crippen LogP contribution in [0.3, 0.4) is 0 Å². The van der Waals surface area contributed by atoms with Crippen molar-refractivity contribution in [2.45, 2.75) is 65.2 Å². The minimum atomic E-state index is 0.397. The van der Waals surface area contributed by atoms with E-state index in [1.54, 1.807) is 0 Å². The molecule has 3 nitrogen and oxygen atoms in total. The second-order valence-electron chi connectivity index (χ2n) is 5.76. The van der Waals surface area contributed by atoms with E-state index in [4.69, 9.17) is 0 Å². The van der Waals surface area contributed by atoms with Crippen molar-refractivity contribution in [3.05, 3.63) is 17.0 Å². The lowest BCUT2D eigenvalue weighted by Gasteiger charge is -2.22. The molecule has 3 heteroatoms. The first-order valence-corrected chi connectivity index (χ1v) is 7.19. The Morgan fingerprint density at radius 1 is 1.50 bits per heavy atom. The molecule has 1 heterocycles. The molecule has 0 amide bonds. The Morgan fingerprint density at radius 2 is 2.28 bits per heavy atom. The van der Waals surface area contributed by atoms with Gasteiger partial charge in [-0.3, -0.25) is 9.89 Å². The number of nitrogens with zero attached hydrogens (tertiary/aromatic N) is 1. The maximum atomic E-state index is 11.4. The van der Waals surface area contributed by atoms with Crippen LogP contribution < -0.4 is 0 Å². The maximum Gasteiger partial charge on any atom is 0.132 e. The standard InChI is InChI=1S/C15H24N2O/c1-4-12(18)7-5-11-6-8-13-14(9-11)16-17-15(13)10(2)3/h10-11H,4-9H2,1-3H3,(H,16,17).